The number of aryl methyl sites for hydroxylation is 2. The zero-order valence-electron chi connectivity index (χ0n) is 17.1. The molecule has 6 nitrogen and oxygen atoms in total. The molecule has 0 aliphatic heterocycles. The minimum Gasteiger partial charge on any atom is -0.492 e. The molecular weight excluding hydrogens is 412 g/mol. The van der Waals surface area contributed by atoms with Crippen LogP contribution >= 0.6 is 11.6 Å². The number of nitrogens with one attached hydrogen (secondary N) is 1. The number of anilines is 1. The minimum absolute atomic E-state index is 0.255. The number of halogens is 1. The molecule has 29 heavy (non-hydrogen) atoms. The van der Waals surface area contributed by atoms with Crippen LogP contribution in [0.2, 0.25) is 5.02 Å². The molecule has 8 heteroatoms. The first kappa shape index (κ1) is 23.0. The van der Waals surface area contributed by atoms with Crippen LogP contribution in [-0.2, 0) is 21.2 Å². The third kappa shape index (κ3) is 6.37. The Hall–Kier alpha value is -2.25. The van der Waals surface area contributed by atoms with E-state index in [1.165, 1.54) is 5.56 Å². The molecule has 0 saturated heterocycles. The minimum atomic E-state index is -3.70. The quantitative estimate of drug-likeness (QED) is 0.607. The molecule has 1 atom stereocenters. The summed E-state index contributed by atoms with van der Waals surface area (Å²) in [6.45, 7) is 5.92. The molecule has 1 N–H and O–H groups in total. The fourth-order valence-corrected chi connectivity index (χ4v) is 4.30. The summed E-state index contributed by atoms with van der Waals surface area (Å²) >= 11 is 6.04. The summed E-state index contributed by atoms with van der Waals surface area (Å²) in [5.74, 6) is 0.302. The molecule has 158 valence electrons. The maximum absolute atomic E-state index is 12.6. The summed E-state index contributed by atoms with van der Waals surface area (Å²) in [5, 5.41) is 3.13. The van der Waals surface area contributed by atoms with E-state index in [4.69, 9.17) is 16.3 Å². The molecule has 2 aromatic rings. The number of ether oxygens (including phenoxy) is 1. The Morgan fingerprint density at radius 1 is 1.21 bits per heavy atom. The second-order valence-electron chi connectivity index (χ2n) is 6.80. The van der Waals surface area contributed by atoms with Gasteiger partial charge in [0.15, 0.2) is 0 Å². The fourth-order valence-electron chi connectivity index (χ4n) is 2.91. The largest absolute Gasteiger partial charge is 0.492 e. The van der Waals surface area contributed by atoms with E-state index in [1.54, 1.807) is 32.0 Å². The monoisotopic (exact) mass is 438 g/mol. The van der Waals surface area contributed by atoms with Gasteiger partial charge in [-0.1, -0.05) is 36.7 Å². The van der Waals surface area contributed by atoms with Crippen LogP contribution in [0, 0.1) is 6.92 Å². The summed E-state index contributed by atoms with van der Waals surface area (Å²) in [5.41, 5.74) is 2.31. The van der Waals surface area contributed by atoms with Gasteiger partial charge in [-0.2, -0.15) is 0 Å². The molecular formula is C21H27ClN2O4S. The van der Waals surface area contributed by atoms with E-state index in [0.29, 0.717) is 16.3 Å². The molecule has 0 saturated carbocycles. The number of carbonyl (C=O) groups excluding carboxylic acids is 1. The summed E-state index contributed by atoms with van der Waals surface area (Å²) < 4.78 is 31.5. The van der Waals surface area contributed by atoms with Gasteiger partial charge in [0.1, 0.15) is 18.4 Å². The molecule has 0 radical (unpaired) electrons. The highest BCUT2D eigenvalue weighted by Gasteiger charge is 2.30. The molecule has 1 unspecified atom stereocenters. The van der Waals surface area contributed by atoms with Crippen molar-refractivity contribution in [1.29, 1.82) is 0 Å². The average molecular weight is 439 g/mol. The standard InChI is InChI=1S/C21H27ClN2O4S/c1-5-17-7-10-19(11-8-17)28-13-12-23-21(25)16(3)24(29(4,26)27)20-14-18(22)9-6-15(20)2/h6-11,14,16H,5,12-13H2,1-4H3,(H,23,25). The van der Waals surface area contributed by atoms with Crippen LogP contribution in [0.5, 0.6) is 5.75 Å². The second-order valence-corrected chi connectivity index (χ2v) is 9.10. The highest BCUT2D eigenvalue weighted by atomic mass is 35.5. The Morgan fingerprint density at radius 3 is 2.45 bits per heavy atom. The van der Waals surface area contributed by atoms with Crippen LogP contribution in [0.4, 0.5) is 5.69 Å². The fraction of sp³-hybridized carbons (Fsp3) is 0.381. The third-order valence-electron chi connectivity index (χ3n) is 4.50. The number of sulfonamides is 1. The van der Waals surface area contributed by atoms with E-state index in [9.17, 15) is 13.2 Å². The first-order chi connectivity index (χ1) is 13.6. The Bertz CT molecular complexity index is 946. The van der Waals surface area contributed by atoms with Crippen LogP contribution in [-0.4, -0.2) is 39.8 Å². The molecule has 2 aromatic carbocycles. The van der Waals surface area contributed by atoms with E-state index < -0.39 is 22.0 Å². The van der Waals surface area contributed by atoms with Crippen molar-refractivity contribution in [2.24, 2.45) is 0 Å². The van der Waals surface area contributed by atoms with Crippen LogP contribution < -0.4 is 14.4 Å². The van der Waals surface area contributed by atoms with Crippen molar-refractivity contribution < 1.29 is 17.9 Å². The number of hydrogen-bond donors (Lipinski definition) is 1. The van der Waals surface area contributed by atoms with Gasteiger partial charge in [-0.3, -0.25) is 9.10 Å². The molecule has 0 aromatic heterocycles. The van der Waals surface area contributed by atoms with Gasteiger partial charge >= 0.3 is 0 Å². The van der Waals surface area contributed by atoms with E-state index in [1.807, 2.05) is 24.3 Å². The molecule has 0 spiro atoms. The lowest BCUT2D eigenvalue weighted by atomic mass is 10.2. The van der Waals surface area contributed by atoms with E-state index in [0.717, 1.165) is 22.7 Å². The van der Waals surface area contributed by atoms with Crippen LogP contribution in [0.3, 0.4) is 0 Å². The predicted molar refractivity (Wildman–Crippen MR) is 117 cm³/mol. The third-order valence-corrected chi connectivity index (χ3v) is 5.96. The highest BCUT2D eigenvalue weighted by Crippen LogP contribution is 2.28. The number of nitrogens with zero attached hydrogens (tertiary/aromatic N) is 1. The maximum Gasteiger partial charge on any atom is 0.243 e. The van der Waals surface area contributed by atoms with Crippen LogP contribution in [0.1, 0.15) is 25.0 Å². The van der Waals surface area contributed by atoms with Gasteiger partial charge < -0.3 is 10.1 Å². The van der Waals surface area contributed by atoms with Crippen molar-refractivity contribution in [3.63, 3.8) is 0 Å². The average Bonchev–Trinajstić information content (AvgIpc) is 2.67. The summed E-state index contributed by atoms with van der Waals surface area (Å²) in [6.07, 6.45) is 2.03. The Labute approximate surface area is 177 Å². The van der Waals surface area contributed by atoms with Crippen molar-refractivity contribution in [3.05, 3.63) is 58.6 Å². The zero-order chi connectivity index (χ0) is 21.6. The van der Waals surface area contributed by atoms with Crippen molar-refractivity contribution in [2.75, 3.05) is 23.7 Å². The first-order valence-corrected chi connectivity index (χ1v) is 11.6. The molecule has 0 bridgehead atoms. The number of benzene rings is 2. The van der Waals surface area contributed by atoms with Crippen molar-refractivity contribution >= 4 is 33.2 Å². The molecule has 0 aliphatic rings. The van der Waals surface area contributed by atoms with Gasteiger partial charge in [0, 0.05) is 5.02 Å². The van der Waals surface area contributed by atoms with Crippen molar-refractivity contribution in [3.8, 4) is 5.75 Å². The Kier molecular flexibility index (Phi) is 7.93. The summed E-state index contributed by atoms with van der Waals surface area (Å²) in [7, 11) is -3.70. The number of hydrogen-bond acceptors (Lipinski definition) is 4. The lowest BCUT2D eigenvalue weighted by Gasteiger charge is -2.29. The molecule has 0 heterocycles. The molecule has 1 amide bonds. The molecule has 0 fully saturated rings. The maximum atomic E-state index is 12.6. The van der Waals surface area contributed by atoms with Crippen molar-refractivity contribution in [1.82, 2.24) is 5.32 Å². The van der Waals surface area contributed by atoms with E-state index >= 15 is 0 Å². The number of amides is 1. The molecule has 2 rings (SSSR count). The lowest BCUT2D eigenvalue weighted by molar-refractivity contribution is -0.121. The van der Waals surface area contributed by atoms with Gasteiger partial charge in [-0.15, -0.1) is 0 Å². The van der Waals surface area contributed by atoms with Gasteiger partial charge in [-0.05, 0) is 55.7 Å². The summed E-state index contributed by atoms with van der Waals surface area (Å²) in [6, 6.07) is 11.8. The smallest absolute Gasteiger partial charge is 0.243 e. The lowest BCUT2D eigenvalue weighted by Crippen LogP contribution is -2.48. The SMILES string of the molecule is CCc1ccc(OCCNC(=O)C(C)N(c2cc(Cl)ccc2C)S(C)(=O)=O)cc1. The van der Waals surface area contributed by atoms with Crippen molar-refractivity contribution in [2.45, 2.75) is 33.2 Å². The van der Waals surface area contributed by atoms with Gasteiger partial charge in [0.25, 0.3) is 0 Å². The van der Waals surface area contributed by atoms with E-state index in [-0.39, 0.29) is 13.2 Å². The van der Waals surface area contributed by atoms with Gasteiger partial charge in [-0.25, -0.2) is 8.42 Å². The summed E-state index contributed by atoms with van der Waals surface area (Å²) in [4.78, 5) is 12.6. The van der Waals surface area contributed by atoms with Crippen LogP contribution in [0.15, 0.2) is 42.5 Å². The zero-order valence-corrected chi connectivity index (χ0v) is 18.7. The Balaban J connectivity index is 2.01. The highest BCUT2D eigenvalue weighted by molar-refractivity contribution is 7.92. The predicted octanol–water partition coefficient (Wildman–Crippen LogP) is 3.56. The van der Waals surface area contributed by atoms with E-state index in [2.05, 4.69) is 12.2 Å². The second kappa shape index (κ2) is 9.98. The van der Waals surface area contributed by atoms with Crippen LogP contribution in [0.25, 0.3) is 0 Å². The topological polar surface area (TPSA) is 75.7 Å². The molecule has 0 aliphatic carbocycles. The number of rotatable bonds is 9. The first-order valence-electron chi connectivity index (χ1n) is 9.38. The normalized spacial score (nSPS) is 12.3. The van der Waals surface area contributed by atoms with Gasteiger partial charge in [0.05, 0.1) is 18.5 Å². The number of carbonyl (C=O) groups is 1. The van der Waals surface area contributed by atoms with Gasteiger partial charge in [0.2, 0.25) is 15.9 Å². The Morgan fingerprint density at radius 2 is 1.86 bits per heavy atom.